The first-order valence-corrected chi connectivity index (χ1v) is 4.81. The van der Waals surface area contributed by atoms with Gasteiger partial charge in [-0.3, -0.25) is 9.67 Å². The number of hydrogen-bond donors (Lipinski definition) is 1. The average Bonchev–Trinajstić information content (AvgIpc) is 2.73. The second-order valence-electron chi connectivity index (χ2n) is 3.32. The van der Waals surface area contributed by atoms with Gasteiger partial charge in [-0.15, -0.1) is 5.10 Å². The third kappa shape index (κ3) is 2.54. The average molecular weight is 220 g/mol. The second kappa shape index (κ2) is 4.71. The fourth-order valence-electron chi connectivity index (χ4n) is 1.21. The molecule has 0 aliphatic rings. The Bertz CT molecular complexity index is 452. The molecular weight excluding hydrogens is 208 g/mol. The van der Waals surface area contributed by atoms with Crippen LogP contribution in [0.4, 0.5) is 0 Å². The number of hydrogen-bond acceptors (Lipinski definition) is 5. The van der Waals surface area contributed by atoms with E-state index in [1.807, 2.05) is 0 Å². The van der Waals surface area contributed by atoms with E-state index in [0.717, 1.165) is 5.69 Å². The molecule has 0 aromatic carbocycles. The highest BCUT2D eigenvalue weighted by Crippen LogP contribution is 2.10. The summed E-state index contributed by atoms with van der Waals surface area (Å²) in [6.07, 6.45) is 3.36. The lowest BCUT2D eigenvalue weighted by Crippen LogP contribution is -1.97. The molecule has 0 atom stereocenters. The fourth-order valence-corrected chi connectivity index (χ4v) is 1.21. The molecule has 0 saturated carbocycles. The van der Waals surface area contributed by atoms with Gasteiger partial charge in [0.1, 0.15) is 18.1 Å². The van der Waals surface area contributed by atoms with E-state index in [1.54, 1.807) is 36.3 Å². The van der Waals surface area contributed by atoms with Crippen LogP contribution in [0.2, 0.25) is 0 Å². The predicted octanol–water partition coefficient (Wildman–Crippen LogP) is 0.281. The predicted molar refractivity (Wildman–Crippen MR) is 55.5 cm³/mol. The van der Waals surface area contributed by atoms with Crippen molar-refractivity contribution in [2.45, 2.75) is 13.2 Å². The van der Waals surface area contributed by atoms with E-state index < -0.39 is 0 Å². The number of pyridine rings is 1. The van der Waals surface area contributed by atoms with Crippen molar-refractivity contribution in [3.05, 3.63) is 35.9 Å². The molecule has 0 saturated heterocycles. The normalized spacial score (nSPS) is 10.4. The quantitative estimate of drug-likeness (QED) is 0.801. The Labute approximate surface area is 92.5 Å². The van der Waals surface area contributed by atoms with E-state index in [9.17, 15) is 0 Å². The summed E-state index contributed by atoms with van der Waals surface area (Å²) in [7, 11) is 1.80. The topological polar surface area (TPSA) is 73.1 Å². The van der Waals surface area contributed by atoms with Crippen LogP contribution >= 0.6 is 0 Å². The Morgan fingerprint density at radius 1 is 1.38 bits per heavy atom. The van der Waals surface area contributed by atoms with E-state index >= 15 is 0 Å². The van der Waals surface area contributed by atoms with Gasteiger partial charge in [-0.25, -0.2) is 0 Å². The summed E-state index contributed by atoms with van der Waals surface area (Å²) < 4.78 is 7.06. The van der Waals surface area contributed by atoms with E-state index in [-0.39, 0.29) is 6.61 Å². The molecule has 2 aromatic heterocycles. The molecule has 84 valence electrons. The summed E-state index contributed by atoms with van der Waals surface area (Å²) in [5.41, 5.74) is 1.38. The molecular formula is C10H12N4O2. The molecule has 0 fully saturated rings. The van der Waals surface area contributed by atoms with Crippen molar-refractivity contribution in [3.8, 4) is 5.75 Å². The molecule has 0 spiro atoms. The number of aliphatic hydroxyl groups is 1. The molecule has 0 aliphatic heterocycles. The van der Waals surface area contributed by atoms with Gasteiger partial charge >= 0.3 is 0 Å². The van der Waals surface area contributed by atoms with E-state index in [1.165, 1.54) is 0 Å². The SMILES string of the molecule is Cn1cc(COc2ccc(CO)nc2)nn1. The number of aryl methyl sites for hydroxylation is 1. The smallest absolute Gasteiger partial charge is 0.138 e. The lowest BCUT2D eigenvalue weighted by Gasteiger charge is -2.03. The standard InChI is InChI=1S/C10H12N4O2/c1-14-5-9(12-13-14)7-16-10-3-2-8(6-15)11-4-10/h2-5,15H,6-7H2,1H3. The van der Waals surface area contributed by atoms with Crippen molar-refractivity contribution in [2.24, 2.45) is 7.05 Å². The Morgan fingerprint density at radius 2 is 2.25 bits per heavy atom. The highest BCUT2D eigenvalue weighted by atomic mass is 16.5. The van der Waals surface area contributed by atoms with Crippen molar-refractivity contribution in [3.63, 3.8) is 0 Å². The van der Waals surface area contributed by atoms with Gasteiger partial charge in [0.2, 0.25) is 0 Å². The first kappa shape index (κ1) is 10.6. The number of aliphatic hydroxyl groups excluding tert-OH is 1. The van der Waals surface area contributed by atoms with Crippen molar-refractivity contribution in [1.29, 1.82) is 0 Å². The maximum atomic E-state index is 8.81. The van der Waals surface area contributed by atoms with Gasteiger partial charge in [-0.1, -0.05) is 5.21 Å². The minimum Gasteiger partial charge on any atom is -0.486 e. The summed E-state index contributed by atoms with van der Waals surface area (Å²) in [5.74, 6) is 0.642. The Hall–Kier alpha value is -1.95. The molecule has 0 radical (unpaired) electrons. The minimum absolute atomic E-state index is 0.0650. The van der Waals surface area contributed by atoms with Crippen molar-refractivity contribution in [2.75, 3.05) is 0 Å². The zero-order chi connectivity index (χ0) is 11.4. The first-order valence-electron chi connectivity index (χ1n) is 4.81. The van der Waals surface area contributed by atoms with Crippen LogP contribution in [0, 0.1) is 0 Å². The Balaban J connectivity index is 1.94. The number of aromatic nitrogens is 4. The van der Waals surface area contributed by atoms with Crippen LogP contribution in [0.15, 0.2) is 24.5 Å². The third-order valence-corrected chi connectivity index (χ3v) is 2.00. The van der Waals surface area contributed by atoms with Crippen molar-refractivity contribution in [1.82, 2.24) is 20.0 Å². The Kier molecular flexibility index (Phi) is 3.11. The maximum absolute atomic E-state index is 8.81. The molecule has 16 heavy (non-hydrogen) atoms. The summed E-state index contributed by atoms with van der Waals surface area (Å²) in [5, 5.41) is 16.5. The molecule has 6 heteroatoms. The van der Waals surface area contributed by atoms with Crippen LogP contribution in [0.3, 0.4) is 0 Å². The van der Waals surface area contributed by atoms with Crippen LogP contribution in [0.25, 0.3) is 0 Å². The van der Waals surface area contributed by atoms with Gasteiger partial charge in [0, 0.05) is 7.05 Å². The van der Waals surface area contributed by atoms with Gasteiger partial charge in [0.25, 0.3) is 0 Å². The molecule has 0 aliphatic carbocycles. The number of rotatable bonds is 4. The number of nitrogens with zero attached hydrogens (tertiary/aromatic N) is 4. The lowest BCUT2D eigenvalue weighted by molar-refractivity contribution is 0.274. The first-order chi connectivity index (χ1) is 7.78. The number of ether oxygens (including phenoxy) is 1. The largest absolute Gasteiger partial charge is 0.486 e. The van der Waals surface area contributed by atoms with Gasteiger partial charge in [-0.2, -0.15) is 0 Å². The van der Waals surface area contributed by atoms with Gasteiger partial charge < -0.3 is 9.84 Å². The molecule has 2 heterocycles. The van der Waals surface area contributed by atoms with Crippen LogP contribution in [0.5, 0.6) is 5.75 Å². The highest BCUT2D eigenvalue weighted by molar-refractivity contribution is 5.19. The fraction of sp³-hybridized carbons (Fsp3) is 0.300. The van der Waals surface area contributed by atoms with Crippen LogP contribution < -0.4 is 4.74 Å². The van der Waals surface area contributed by atoms with Gasteiger partial charge in [0.05, 0.1) is 24.7 Å². The molecule has 1 N–H and O–H groups in total. The summed E-state index contributed by atoms with van der Waals surface area (Å²) >= 11 is 0. The van der Waals surface area contributed by atoms with E-state index in [2.05, 4.69) is 15.3 Å². The lowest BCUT2D eigenvalue weighted by atomic mass is 10.3. The molecule has 2 aromatic rings. The highest BCUT2D eigenvalue weighted by Gasteiger charge is 2.00. The second-order valence-corrected chi connectivity index (χ2v) is 3.32. The van der Waals surface area contributed by atoms with Crippen LogP contribution in [-0.4, -0.2) is 25.1 Å². The molecule has 6 nitrogen and oxygen atoms in total. The van der Waals surface area contributed by atoms with E-state index in [4.69, 9.17) is 9.84 Å². The zero-order valence-electron chi connectivity index (χ0n) is 8.87. The summed E-state index contributed by atoms with van der Waals surface area (Å²) in [6.45, 7) is 0.290. The summed E-state index contributed by atoms with van der Waals surface area (Å²) in [4.78, 5) is 4.00. The Morgan fingerprint density at radius 3 is 2.81 bits per heavy atom. The van der Waals surface area contributed by atoms with Gasteiger partial charge in [-0.05, 0) is 12.1 Å². The molecule has 0 unspecified atom stereocenters. The van der Waals surface area contributed by atoms with Crippen LogP contribution in [-0.2, 0) is 20.3 Å². The zero-order valence-corrected chi connectivity index (χ0v) is 8.87. The third-order valence-electron chi connectivity index (χ3n) is 2.00. The van der Waals surface area contributed by atoms with Crippen LogP contribution in [0.1, 0.15) is 11.4 Å². The monoisotopic (exact) mass is 220 g/mol. The maximum Gasteiger partial charge on any atom is 0.138 e. The van der Waals surface area contributed by atoms with Crippen molar-refractivity contribution >= 4 is 0 Å². The molecule has 2 rings (SSSR count). The van der Waals surface area contributed by atoms with Gasteiger partial charge in [0.15, 0.2) is 0 Å². The van der Waals surface area contributed by atoms with Crippen molar-refractivity contribution < 1.29 is 9.84 Å². The molecule has 0 bridgehead atoms. The summed E-state index contributed by atoms with van der Waals surface area (Å²) in [6, 6.07) is 3.47. The van der Waals surface area contributed by atoms with E-state index in [0.29, 0.717) is 18.1 Å². The molecule has 0 amide bonds. The minimum atomic E-state index is -0.0650.